The van der Waals surface area contributed by atoms with Crippen LogP contribution in [0.25, 0.3) is 10.9 Å². The molecule has 3 N–H and O–H groups in total. The van der Waals surface area contributed by atoms with Crippen molar-refractivity contribution in [3.8, 4) is 5.75 Å². The summed E-state index contributed by atoms with van der Waals surface area (Å²) >= 11 is 0. The van der Waals surface area contributed by atoms with E-state index in [-0.39, 0.29) is 0 Å². The molecule has 1 aromatic heterocycles. The number of pyridine rings is 1. The molecule has 0 fully saturated rings. The molecule has 0 unspecified atom stereocenters. The fourth-order valence-corrected chi connectivity index (χ4v) is 4.64. The minimum Gasteiger partial charge on any atom is -0.487 e. The molecular weight excluding hydrogens is 420 g/mol. The van der Waals surface area contributed by atoms with Crippen molar-refractivity contribution in [1.82, 2.24) is 10.4 Å². The fraction of sp³-hybridized carbons (Fsp3) is 0.207. The zero-order chi connectivity index (χ0) is 23.3. The molecule has 172 valence electrons. The number of aromatic nitrogens is 1. The van der Waals surface area contributed by atoms with Crippen LogP contribution >= 0.6 is 0 Å². The molecule has 0 aliphatic carbocycles. The van der Waals surface area contributed by atoms with Crippen LogP contribution in [0, 0.1) is 0 Å². The molecule has 1 aliphatic rings. The summed E-state index contributed by atoms with van der Waals surface area (Å²) < 4.78 is 6.11. The van der Waals surface area contributed by atoms with Crippen LogP contribution in [-0.2, 0) is 26.0 Å². The van der Waals surface area contributed by atoms with Gasteiger partial charge in [-0.25, -0.2) is 4.98 Å². The van der Waals surface area contributed by atoms with E-state index in [1.165, 1.54) is 22.4 Å². The van der Waals surface area contributed by atoms with Crippen molar-refractivity contribution in [2.75, 3.05) is 11.4 Å². The number of anilines is 1. The predicted molar refractivity (Wildman–Crippen MR) is 138 cm³/mol. The molecular formula is C29H30N4O. The van der Waals surface area contributed by atoms with Gasteiger partial charge in [-0.2, -0.15) is 0 Å². The second-order valence-corrected chi connectivity index (χ2v) is 8.78. The monoisotopic (exact) mass is 450 g/mol. The van der Waals surface area contributed by atoms with Gasteiger partial charge >= 0.3 is 0 Å². The van der Waals surface area contributed by atoms with E-state index in [0.717, 1.165) is 60.4 Å². The number of nitrogens with zero attached hydrogens (tertiary/aromatic N) is 2. The Kier molecular flexibility index (Phi) is 6.45. The minimum absolute atomic E-state index is 0.448. The molecule has 0 bridgehead atoms. The third kappa shape index (κ3) is 4.90. The molecule has 4 aromatic rings. The highest BCUT2D eigenvalue weighted by atomic mass is 16.5. The van der Waals surface area contributed by atoms with Gasteiger partial charge in [-0.05, 0) is 60.2 Å². The van der Waals surface area contributed by atoms with E-state index in [2.05, 4.69) is 65.4 Å². The van der Waals surface area contributed by atoms with Crippen LogP contribution in [0.3, 0.4) is 0 Å². The average Bonchev–Trinajstić information content (AvgIpc) is 3.29. The van der Waals surface area contributed by atoms with Gasteiger partial charge in [-0.15, -0.1) is 0 Å². The van der Waals surface area contributed by atoms with E-state index >= 15 is 0 Å². The summed E-state index contributed by atoms with van der Waals surface area (Å²) in [6.07, 6.45) is 2.82. The Morgan fingerprint density at radius 1 is 1.03 bits per heavy atom. The lowest BCUT2D eigenvalue weighted by molar-refractivity contribution is 0.301. The highest BCUT2D eigenvalue weighted by Gasteiger charge is 2.22. The lowest BCUT2D eigenvalue weighted by atomic mass is 10.0. The van der Waals surface area contributed by atoms with Gasteiger partial charge in [0.15, 0.2) is 0 Å². The van der Waals surface area contributed by atoms with Crippen molar-refractivity contribution < 1.29 is 4.74 Å². The van der Waals surface area contributed by atoms with Gasteiger partial charge in [-0.1, -0.05) is 61.2 Å². The van der Waals surface area contributed by atoms with Gasteiger partial charge in [0.2, 0.25) is 0 Å². The third-order valence-corrected chi connectivity index (χ3v) is 6.39. The van der Waals surface area contributed by atoms with Crippen molar-refractivity contribution in [3.63, 3.8) is 0 Å². The largest absolute Gasteiger partial charge is 0.487 e. The molecule has 0 spiro atoms. The maximum atomic E-state index is 6.11. The Hall–Kier alpha value is -3.83. The van der Waals surface area contributed by atoms with Crippen LogP contribution in [0.5, 0.6) is 5.75 Å². The molecule has 34 heavy (non-hydrogen) atoms. The predicted octanol–water partition coefficient (Wildman–Crippen LogP) is 5.29. The van der Waals surface area contributed by atoms with E-state index in [0.29, 0.717) is 6.61 Å². The van der Waals surface area contributed by atoms with Crippen molar-refractivity contribution in [1.29, 1.82) is 0 Å². The molecule has 2 heterocycles. The standard InChI is InChI=1S/C29H30N4O/c1-21(32-30)12-13-24-8-5-9-25-16-17-33(29(24)25)19-22-6-4-10-27(18-22)34-20-26-15-14-23-7-2-3-11-28(23)31-26/h2-11,14-15,18,32H,1,12-13,16-17,19-20,30H2. The summed E-state index contributed by atoms with van der Waals surface area (Å²) in [5.41, 5.74) is 10.8. The molecule has 3 aromatic carbocycles. The zero-order valence-corrected chi connectivity index (χ0v) is 19.3. The molecule has 0 atom stereocenters. The number of hydrazine groups is 1. The molecule has 0 amide bonds. The van der Waals surface area contributed by atoms with E-state index in [1.807, 2.05) is 30.3 Å². The summed E-state index contributed by atoms with van der Waals surface area (Å²) in [5, 5.41) is 1.14. The van der Waals surface area contributed by atoms with Gasteiger partial charge < -0.3 is 15.1 Å². The Bertz CT molecular complexity index is 1320. The average molecular weight is 451 g/mol. The topological polar surface area (TPSA) is 63.4 Å². The first-order valence-corrected chi connectivity index (χ1v) is 11.8. The molecule has 1 aliphatic heterocycles. The van der Waals surface area contributed by atoms with E-state index in [9.17, 15) is 0 Å². The maximum Gasteiger partial charge on any atom is 0.130 e. The number of nitrogens with two attached hydrogens (primary N) is 1. The lowest BCUT2D eigenvalue weighted by Gasteiger charge is -2.23. The summed E-state index contributed by atoms with van der Waals surface area (Å²) in [4.78, 5) is 7.19. The Labute approximate surface area is 200 Å². The van der Waals surface area contributed by atoms with E-state index < -0.39 is 0 Å². The Morgan fingerprint density at radius 3 is 2.82 bits per heavy atom. The van der Waals surface area contributed by atoms with Gasteiger partial charge in [0, 0.05) is 29.9 Å². The van der Waals surface area contributed by atoms with Crippen molar-refractivity contribution in [2.45, 2.75) is 32.4 Å². The van der Waals surface area contributed by atoms with Gasteiger partial charge in [0.25, 0.3) is 0 Å². The lowest BCUT2D eigenvalue weighted by Crippen LogP contribution is -2.22. The number of ether oxygens (including phenoxy) is 1. The Morgan fingerprint density at radius 2 is 1.91 bits per heavy atom. The SMILES string of the molecule is C=C(CCc1cccc2c1N(Cc1cccc(OCc3ccc4ccccc4n3)c1)CC2)NN. The first kappa shape index (κ1) is 22.0. The number of rotatable bonds is 9. The number of aryl methyl sites for hydroxylation is 1. The van der Waals surface area contributed by atoms with Gasteiger partial charge in [-0.3, -0.25) is 5.84 Å². The third-order valence-electron chi connectivity index (χ3n) is 6.39. The zero-order valence-electron chi connectivity index (χ0n) is 19.3. The van der Waals surface area contributed by atoms with Crippen molar-refractivity contribution in [2.24, 2.45) is 5.84 Å². The molecule has 5 rings (SSSR count). The molecule has 0 saturated carbocycles. The normalized spacial score (nSPS) is 12.6. The van der Waals surface area contributed by atoms with Crippen LogP contribution in [0.1, 0.15) is 28.8 Å². The van der Waals surface area contributed by atoms with Crippen LogP contribution in [-0.4, -0.2) is 11.5 Å². The van der Waals surface area contributed by atoms with Crippen LogP contribution in [0.4, 0.5) is 5.69 Å². The molecule has 5 heteroatoms. The second-order valence-electron chi connectivity index (χ2n) is 8.78. The first-order valence-electron chi connectivity index (χ1n) is 11.8. The summed E-state index contributed by atoms with van der Waals surface area (Å²) in [6.45, 7) is 6.29. The Balaban J connectivity index is 1.27. The number of hydrogen-bond donors (Lipinski definition) is 2. The summed E-state index contributed by atoms with van der Waals surface area (Å²) in [5.74, 6) is 6.37. The number of allylic oxidation sites excluding steroid dienone is 1. The van der Waals surface area contributed by atoms with Crippen LogP contribution in [0.15, 0.2) is 91.1 Å². The van der Waals surface area contributed by atoms with Crippen LogP contribution in [0.2, 0.25) is 0 Å². The number of para-hydroxylation sites is 2. The van der Waals surface area contributed by atoms with Crippen molar-refractivity contribution >= 4 is 16.6 Å². The maximum absolute atomic E-state index is 6.11. The molecule has 5 nitrogen and oxygen atoms in total. The number of nitrogens with one attached hydrogen (secondary N) is 1. The highest BCUT2D eigenvalue weighted by Crippen LogP contribution is 2.34. The molecule has 0 radical (unpaired) electrons. The summed E-state index contributed by atoms with van der Waals surface area (Å²) in [7, 11) is 0. The number of hydrogen-bond acceptors (Lipinski definition) is 5. The smallest absolute Gasteiger partial charge is 0.130 e. The van der Waals surface area contributed by atoms with Crippen LogP contribution < -0.4 is 20.9 Å². The second kappa shape index (κ2) is 9.98. The van der Waals surface area contributed by atoms with Gasteiger partial charge in [0.1, 0.15) is 12.4 Å². The minimum atomic E-state index is 0.448. The first-order chi connectivity index (χ1) is 16.7. The highest BCUT2D eigenvalue weighted by molar-refractivity contribution is 5.78. The van der Waals surface area contributed by atoms with E-state index in [1.54, 1.807) is 0 Å². The van der Waals surface area contributed by atoms with E-state index in [4.69, 9.17) is 15.6 Å². The van der Waals surface area contributed by atoms with Gasteiger partial charge in [0.05, 0.1) is 11.2 Å². The quantitative estimate of drug-likeness (QED) is 0.268. The fourth-order valence-electron chi connectivity index (χ4n) is 4.64. The molecule has 0 saturated heterocycles. The number of benzene rings is 3. The van der Waals surface area contributed by atoms with Crippen molar-refractivity contribution in [3.05, 3.63) is 114 Å². The number of fused-ring (bicyclic) bond motifs is 2. The summed E-state index contributed by atoms with van der Waals surface area (Å²) in [6, 6.07) is 27.3.